The molecule has 0 amide bonds. The molecule has 0 spiro atoms. The molecule has 2 rings (SSSR count). The topological polar surface area (TPSA) is 46.5 Å². The van der Waals surface area contributed by atoms with Crippen LogP contribution in [0.4, 0.5) is 0 Å². The van der Waals surface area contributed by atoms with Crippen LogP contribution in [0.1, 0.15) is 41.3 Å². The summed E-state index contributed by atoms with van der Waals surface area (Å²) in [6.07, 6.45) is 0. The number of carboxylic acid groups (broad SMARTS) is 1. The fourth-order valence-electron chi connectivity index (χ4n) is 2.07. The normalized spacial score (nSPS) is 10.7. The fourth-order valence-corrected chi connectivity index (χ4v) is 2.51. The van der Waals surface area contributed by atoms with Crippen LogP contribution in [0.3, 0.4) is 0 Å². The monoisotopic (exact) mass is 304 g/mol. The van der Waals surface area contributed by atoms with E-state index in [2.05, 4.69) is 0 Å². The van der Waals surface area contributed by atoms with Gasteiger partial charge in [-0.1, -0.05) is 37.6 Å². The van der Waals surface area contributed by atoms with Gasteiger partial charge < -0.3 is 9.84 Å². The molecule has 0 aliphatic heterocycles. The molecule has 2 aromatic carbocycles. The average Bonchev–Trinajstić information content (AvgIpc) is 2.41. The van der Waals surface area contributed by atoms with E-state index in [0.29, 0.717) is 16.5 Å². The molecule has 0 radical (unpaired) electrons. The predicted molar refractivity (Wildman–Crippen MR) is 83.8 cm³/mol. The van der Waals surface area contributed by atoms with Crippen LogP contribution in [-0.2, 0) is 0 Å². The van der Waals surface area contributed by atoms with Crippen molar-refractivity contribution in [1.82, 2.24) is 0 Å². The molecule has 4 heteroatoms. The highest BCUT2D eigenvalue weighted by molar-refractivity contribution is 6.31. The van der Waals surface area contributed by atoms with E-state index in [0.717, 1.165) is 11.1 Å². The first-order valence-electron chi connectivity index (χ1n) is 6.70. The number of rotatable bonds is 4. The van der Waals surface area contributed by atoms with Crippen molar-refractivity contribution in [3.63, 3.8) is 0 Å². The molecule has 0 heterocycles. The van der Waals surface area contributed by atoms with E-state index < -0.39 is 5.97 Å². The Balaban J connectivity index is 2.45. The quantitative estimate of drug-likeness (QED) is 0.837. The average molecular weight is 305 g/mol. The first kappa shape index (κ1) is 15.4. The van der Waals surface area contributed by atoms with Gasteiger partial charge >= 0.3 is 5.97 Å². The lowest BCUT2D eigenvalue weighted by atomic mass is 10.0. The maximum atomic E-state index is 11.2. The standard InChI is InChI=1S/C17H17ClO3/c1-10(2)13-9-16(11(3)8-14(13)18)21-15-7-5-4-6-12(15)17(19)20/h4-10H,1-3H3,(H,19,20). The Bertz CT molecular complexity index is 678. The van der Waals surface area contributed by atoms with Gasteiger partial charge in [0, 0.05) is 5.02 Å². The Morgan fingerprint density at radius 1 is 1.19 bits per heavy atom. The summed E-state index contributed by atoms with van der Waals surface area (Å²) in [5.74, 6) is 0.193. The molecule has 3 nitrogen and oxygen atoms in total. The van der Waals surface area contributed by atoms with Gasteiger partial charge in [0.25, 0.3) is 0 Å². The Kier molecular flexibility index (Phi) is 4.53. The molecule has 0 unspecified atom stereocenters. The molecule has 0 fully saturated rings. The van der Waals surface area contributed by atoms with Gasteiger partial charge in [0.05, 0.1) is 0 Å². The molecule has 0 aromatic heterocycles. The number of ether oxygens (including phenoxy) is 1. The van der Waals surface area contributed by atoms with Gasteiger partial charge in [0.1, 0.15) is 17.1 Å². The summed E-state index contributed by atoms with van der Waals surface area (Å²) in [5, 5.41) is 9.89. The summed E-state index contributed by atoms with van der Waals surface area (Å²) in [6, 6.07) is 10.3. The van der Waals surface area contributed by atoms with Gasteiger partial charge in [0.15, 0.2) is 0 Å². The Hall–Kier alpha value is -2.00. The number of carbonyl (C=O) groups is 1. The van der Waals surface area contributed by atoms with Crippen molar-refractivity contribution in [2.24, 2.45) is 0 Å². The Labute approximate surface area is 129 Å². The van der Waals surface area contributed by atoms with Gasteiger partial charge in [-0.2, -0.15) is 0 Å². The summed E-state index contributed by atoms with van der Waals surface area (Å²) in [4.78, 5) is 11.2. The zero-order chi connectivity index (χ0) is 15.6. The lowest BCUT2D eigenvalue weighted by Crippen LogP contribution is -2.01. The Morgan fingerprint density at radius 2 is 1.86 bits per heavy atom. The van der Waals surface area contributed by atoms with Crippen LogP contribution in [0, 0.1) is 6.92 Å². The number of hydrogen-bond acceptors (Lipinski definition) is 2. The minimum Gasteiger partial charge on any atom is -0.478 e. The number of aryl methyl sites for hydroxylation is 1. The smallest absolute Gasteiger partial charge is 0.339 e. The van der Waals surface area contributed by atoms with Crippen LogP contribution in [0.5, 0.6) is 11.5 Å². The summed E-state index contributed by atoms with van der Waals surface area (Å²) in [7, 11) is 0. The number of halogens is 1. The first-order chi connectivity index (χ1) is 9.90. The third-order valence-corrected chi connectivity index (χ3v) is 3.58. The molecule has 0 atom stereocenters. The van der Waals surface area contributed by atoms with E-state index in [1.807, 2.05) is 32.9 Å². The zero-order valence-electron chi connectivity index (χ0n) is 12.2. The molecule has 0 saturated carbocycles. The van der Waals surface area contributed by atoms with Crippen molar-refractivity contribution in [3.05, 3.63) is 58.1 Å². The molecule has 0 saturated heterocycles. The van der Waals surface area contributed by atoms with Crippen molar-refractivity contribution in [3.8, 4) is 11.5 Å². The van der Waals surface area contributed by atoms with E-state index in [1.165, 1.54) is 6.07 Å². The highest BCUT2D eigenvalue weighted by Gasteiger charge is 2.14. The van der Waals surface area contributed by atoms with Crippen molar-refractivity contribution < 1.29 is 14.6 Å². The van der Waals surface area contributed by atoms with Crippen molar-refractivity contribution in [1.29, 1.82) is 0 Å². The van der Waals surface area contributed by atoms with Gasteiger partial charge in [-0.25, -0.2) is 4.79 Å². The maximum Gasteiger partial charge on any atom is 0.339 e. The third-order valence-electron chi connectivity index (χ3n) is 3.25. The predicted octanol–water partition coefficient (Wildman–Crippen LogP) is 5.26. The van der Waals surface area contributed by atoms with Gasteiger partial charge in [-0.3, -0.25) is 0 Å². The maximum absolute atomic E-state index is 11.2. The number of aromatic carboxylic acids is 1. The largest absolute Gasteiger partial charge is 0.478 e. The second-order valence-corrected chi connectivity index (χ2v) is 5.60. The van der Waals surface area contributed by atoms with Crippen LogP contribution < -0.4 is 4.74 Å². The van der Waals surface area contributed by atoms with E-state index in [9.17, 15) is 9.90 Å². The molecule has 21 heavy (non-hydrogen) atoms. The molecule has 0 bridgehead atoms. The minimum atomic E-state index is -1.01. The summed E-state index contributed by atoms with van der Waals surface area (Å²) >= 11 is 6.23. The number of hydrogen-bond donors (Lipinski definition) is 1. The van der Waals surface area contributed by atoms with Crippen LogP contribution in [0.15, 0.2) is 36.4 Å². The second kappa shape index (κ2) is 6.19. The minimum absolute atomic E-state index is 0.137. The van der Waals surface area contributed by atoms with Crippen molar-refractivity contribution in [2.75, 3.05) is 0 Å². The van der Waals surface area contributed by atoms with Crippen molar-refractivity contribution in [2.45, 2.75) is 26.7 Å². The molecular formula is C17H17ClO3. The lowest BCUT2D eigenvalue weighted by Gasteiger charge is -2.15. The van der Waals surface area contributed by atoms with E-state index in [-0.39, 0.29) is 11.5 Å². The fraction of sp³-hybridized carbons (Fsp3) is 0.235. The molecular weight excluding hydrogens is 288 g/mol. The van der Waals surface area contributed by atoms with Gasteiger partial charge in [0.2, 0.25) is 0 Å². The molecule has 110 valence electrons. The third kappa shape index (κ3) is 3.37. The molecule has 0 aliphatic rings. The van der Waals surface area contributed by atoms with Crippen LogP contribution in [0.2, 0.25) is 5.02 Å². The zero-order valence-corrected chi connectivity index (χ0v) is 12.9. The molecule has 2 aromatic rings. The number of carboxylic acids is 1. The highest BCUT2D eigenvalue weighted by Crippen LogP contribution is 2.34. The SMILES string of the molecule is Cc1cc(Cl)c(C(C)C)cc1Oc1ccccc1C(=O)O. The van der Waals surface area contributed by atoms with E-state index >= 15 is 0 Å². The van der Waals surface area contributed by atoms with Crippen LogP contribution in [-0.4, -0.2) is 11.1 Å². The van der Waals surface area contributed by atoms with E-state index in [1.54, 1.807) is 18.2 Å². The van der Waals surface area contributed by atoms with Crippen molar-refractivity contribution >= 4 is 17.6 Å². The second-order valence-electron chi connectivity index (χ2n) is 5.20. The summed E-state index contributed by atoms with van der Waals surface area (Å²) in [6.45, 7) is 5.98. The van der Waals surface area contributed by atoms with Gasteiger partial charge in [-0.05, 0) is 48.2 Å². The summed E-state index contributed by atoms with van der Waals surface area (Å²) in [5.41, 5.74) is 1.98. The van der Waals surface area contributed by atoms with Gasteiger partial charge in [-0.15, -0.1) is 0 Å². The number of benzene rings is 2. The molecule has 0 aliphatic carbocycles. The summed E-state index contributed by atoms with van der Waals surface area (Å²) < 4.78 is 5.81. The Morgan fingerprint density at radius 3 is 2.48 bits per heavy atom. The van der Waals surface area contributed by atoms with Crippen LogP contribution in [0.25, 0.3) is 0 Å². The highest BCUT2D eigenvalue weighted by atomic mass is 35.5. The first-order valence-corrected chi connectivity index (χ1v) is 7.08. The van der Waals surface area contributed by atoms with E-state index in [4.69, 9.17) is 16.3 Å². The molecule has 1 N–H and O–H groups in total. The van der Waals surface area contributed by atoms with Crippen LogP contribution >= 0.6 is 11.6 Å². The lowest BCUT2D eigenvalue weighted by molar-refractivity contribution is 0.0694. The number of para-hydroxylation sites is 1.